The molecule has 1 N–H and O–H groups in total. The fourth-order valence-corrected chi connectivity index (χ4v) is 4.67. The van der Waals surface area contributed by atoms with Gasteiger partial charge in [-0.15, -0.1) is 0 Å². The van der Waals surface area contributed by atoms with Gasteiger partial charge in [0.05, 0.1) is 22.7 Å². The van der Waals surface area contributed by atoms with Gasteiger partial charge in [0.1, 0.15) is 5.82 Å². The minimum absolute atomic E-state index is 0.0422. The molecule has 0 bridgehead atoms. The van der Waals surface area contributed by atoms with Crippen LogP contribution in [0.5, 0.6) is 5.75 Å². The van der Waals surface area contributed by atoms with E-state index in [-0.39, 0.29) is 40.6 Å². The number of hydrogen-bond donors (Lipinski definition) is 1. The summed E-state index contributed by atoms with van der Waals surface area (Å²) in [5.41, 5.74) is -1.45. The number of aryl methyl sites for hydroxylation is 1. The van der Waals surface area contributed by atoms with Crippen LogP contribution in [-0.2, 0) is 17.7 Å². The minimum atomic E-state index is -0.898. The largest absolute Gasteiger partial charge is 0.503 e. The van der Waals surface area contributed by atoms with Crippen LogP contribution >= 0.6 is 11.6 Å². The Morgan fingerprint density at radius 2 is 2.13 bits per heavy atom. The Morgan fingerprint density at radius 1 is 1.39 bits per heavy atom. The van der Waals surface area contributed by atoms with Gasteiger partial charge in [-0.2, -0.15) is 0 Å². The van der Waals surface area contributed by atoms with Crippen molar-refractivity contribution in [2.75, 3.05) is 20.8 Å². The summed E-state index contributed by atoms with van der Waals surface area (Å²) in [6.07, 6.45) is 1.97. The van der Waals surface area contributed by atoms with Crippen LogP contribution in [0.25, 0.3) is 0 Å². The van der Waals surface area contributed by atoms with Crippen LogP contribution in [0.4, 0.5) is 4.39 Å². The van der Waals surface area contributed by atoms with Crippen LogP contribution in [0.2, 0.25) is 5.02 Å². The van der Waals surface area contributed by atoms with E-state index in [1.54, 1.807) is 25.1 Å². The van der Waals surface area contributed by atoms with Crippen LogP contribution in [0.15, 0.2) is 29.2 Å². The summed E-state index contributed by atoms with van der Waals surface area (Å²) in [4.78, 5) is 39.8. The zero-order valence-corrected chi connectivity index (χ0v) is 17.9. The fraction of sp³-hybridized carbons (Fsp3) is 0.409. The van der Waals surface area contributed by atoms with Gasteiger partial charge >= 0.3 is 0 Å². The predicted molar refractivity (Wildman–Crippen MR) is 111 cm³/mol. The van der Waals surface area contributed by atoms with Gasteiger partial charge in [-0.05, 0) is 24.5 Å². The highest BCUT2D eigenvalue weighted by Crippen LogP contribution is 2.52. The Bertz CT molecular complexity index is 1150. The fourth-order valence-electron chi connectivity index (χ4n) is 4.47. The highest BCUT2D eigenvalue weighted by atomic mass is 35.5. The molecule has 0 unspecified atom stereocenters. The summed E-state index contributed by atoms with van der Waals surface area (Å²) >= 11 is 5.77. The first-order valence-electron chi connectivity index (χ1n) is 9.91. The first-order valence-corrected chi connectivity index (χ1v) is 10.3. The lowest BCUT2D eigenvalue weighted by Crippen LogP contribution is -2.50. The van der Waals surface area contributed by atoms with Gasteiger partial charge in [0.2, 0.25) is 5.43 Å². The Balaban J connectivity index is 1.64. The molecule has 7 nitrogen and oxygen atoms in total. The number of methoxy groups -OCH3 is 1. The topological polar surface area (TPSA) is 88.8 Å². The minimum Gasteiger partial charge on any atom is -0.503 e. The number of amides is 1. The Hall–Kier alpha value is -2.71. The van der Waals surface area contributed by atoms with E-state index in [4.69, 9.17) is 16.3 Å². The molecule has 1 aliphatic carbocycles. The zero-order valence-electron chi connectivity index (χ0n) is 17.2. The van der Waals surface area contributed by atoms with E-state index in [0.717, 1.165) is 6.42 Å². The molecule has 2 aliphatic rings. The van der Waals surface area contributed by atoms with E-state index in [0.29, 0.717) is 13.2 Å². The van der Waals surface area contributed by atoms with Gasteiger partial charge in [0.25, 0.3) is 5.91 Å². The van der Waals surface area contributed by atoms with Crippen LogP contribution < -0.4 is 5.43 Å². The van der Waals surface area contributed by atoms with E-state index in [1.165, 1.54) is 22.9 Å². The molecule has 2 atom stereocenters. The average Bonchev–Trinajstić information content (AvgIpc) is 3.42. The van der Waals surface area contributed by atoms with Crippen molar-refractivity contribution in [3.05, 3.63) is 62.3 Å². The maximum Gasteiger partial charge on any atom is 0.274 e. The normalized spacial score (nSPS) is 22.0. The number of ether oxygens (including phenoxy) is 1. The summed E-state index contributed by atoms with van der Waals surface area (Å²) < 4.78 is 20.8. The lowest BCUT2D eigenvalue weighted by atomic mass is 10.0. The number of aromatic nitrogens is 1. The average molecular weight is 449 g/mol. The van der Waals surface area contributed by atoms with E-state index in [1.807, 2.05) is 0 Å². The number of rotatable bonds is 6. The maximum absolute atomic E-state index is 14.1. The van der Waals surface area contributed by atoms with Crippen LogP contribution in [0, 0.1) is 11.7 Å². The number of ketones is 1. The van der Waals surface area contributed by atoms with E-state index in [2.05, 4.69) is 0 Å². The van der Waals surface area contributed by atoms with E-state index in [9.17, 15) is 23.9 Å². The number of carbonyl (C=O) groups is 2. The van der Waals surface area contributed by atoms with Crippen LogP contribution in [0.3, 0.4) is 0 Å². The van der Waals surface area contributed by atoms with Gasteiger partial charge in [-0.25, -0.2) is 4.39 Å². The summed E-state index contributed by atoms with van der Waals surface area (Å²) in [6, 6.07) is 4.51. The van der Waals surface area contributed by atoms with Crippen LogP contribution in [-0.4, -0.2) is 52.6 Å². The van der Waals surface area contributed by atoms with Crippen LogP contribution in [0.1, 0.15) is 39.3 Å². The highest BCUT2D eigenvalue weighted by molar-refractivity contribution is 6.30. The number of likely N-dealkylation sites (N-methyl/N-ethyl adjacent to an activating group) is 1. The lowest BCUT2D eigenvalue weighted by Gasteiger charge is -2.37. The number of benzene rings is 1. The van der Waals surface area contributed by atoms with Crippen molar-refractivity contribution in [3.8, 4) is 5.75 Å². The van der Waals surface area contributed by atoms with E-state index >= 15 is 0 Å². The molecule has 1 amide bonds. The molecule has 1 aromatic heterocycles. The standard InChI is InChI=1S/C22H22ClFN2O5/c1-25-21(30)18-20(29)19(28)14(9-26(18)11-22(25)8-13(22)10-31-2)16(27)7-6-12-4-3-5-15(23)17(12)24/h3-5,9,13,29H,6-8,10-11H2,1-2H3/t13-,22-/m0/s1. The number of carbonyl (C=O) groups excluding carboxylic acids is 2. The molecule has 9 heteroatoms. The number of halogens is 2. The van der Waals surface area contributed by atoms with Gasteiger partial charge in [-0.3, -0.25) is 14.4 Å². The monoisotopic (exact) mass is 448 g/mol. The van der Waals surface area contributed by atoms with E-state index < -0.39 is 34.2 Å². The summed E-state index contributed by atoms with van der Waals surface area (Å²) in [6.45, 7) is 0.825. The Labute approximate surface area is 183 Å². The number of hydrogen-bond acceptors (Lipinski definition) is 5. The van der Waals surface area contributed by atoms with Crippen molar-refractivity contribution < 1.29 is 23.8 Å². The predicted octanol–water partition coefficient (Wildman–Crippen LogP) is 2.65. The molecule has 2 aromatic rings. The van der Waals surface area contributed by atoms with Gasteiger partial charge in [0.15, 0.2) is 17.2 Å². The van der Waals surface area contributed by atoms with Crippen molar-refractivity contribution in [1.82, 2.24) is 9.47 Å². The smallest absolute Gasteiger partial charge is 0.274 e. The van der Waals surface area contributed by atoms with Gasteiger partial charge in [-0.1, -0.05) is 23.7 Å². The first-order chi connectivity index (χ1) is 14.7. The zero-order chi connectivity index (χ0) is 22.5. The highest BCUT2D eigenvalue weighted by Gasteiger charge is 2.61. The number of fused-ring (bicyclic) bond motifs is 1. The third-order valence-electron chi connectivity index (χ3n) is 6.40. The van der Waals surface area contributed by atoms with Crippen molar-refractivity contribution in [2.24, 2.45) is 5.92 Å². The second kappa shape index (κ2) is 7.76. The van der Waals surface area contributed by atoms with Crippen molar-refractivity contribution >= 4 is 23.3 Å². The van der Waals surface area contributed by atoms with Gasteiger partial charge in [0, 0.05) is 39.2 Å². The number of Topliss-reactive ketones (excluding diaryl/α,β-unsaturated/α-hetero) is 1. The molecule has 1 aromatic carbocycles. The van der Waals surface area contributed by atoms with Crippen molar-refractivity contribution in [3.63, 3.8) is 0 Å². The third kappa shape index (κ3) is 3.43. The maximum atomic E-state index is 14.1. The molecular formula is C22H22ClFN2O5. The lowest BCUT2D eigenvalue weighted by molar-refractivity contribution is 0.0553. The summed E-state index contributed by atoms with van der Waals surface area (Å²) in [5.74, 6) is -2.23. The molecule has 1 spiro atoms. The summed E-state index contributed by atoms with van der Waals surface area (Å²) in [5, 5.41) is 10.4. The number of pyridine rings is 1. The third-order valence-corrected chi connectivity index (χ3v) is 6.69. The molecule has 1 fully saturated rings. The molecular weight excluding hydrogens is 427 g/mol. The molecule has 0 radical (unpaired) electrons. The molecule has 164 valence electrons. The van der Waals surface area contributed by atoms with Gasteiger partial charge < -0.3 is 19.3 Å². The molecule has 1 aliphatic heterocycles. The summed E-state index contributed by atoms with van der Waals surface area (Å²) in [7, 11) is 3.23. The molecule has 31 heavy (non-hydrogen) atoms. The number of nitrogens with zero attached hydrogens (tertiary/aromatic N) is 2. The van der Waals surface area contributed by atoms with Crippen molar-refractivity contribution in [2.45, 2.75) is 31.3 Å². The SMILES string of the molecule is COC[C@@H]1C[C@]12Cn1cc(C(=O)CCc3cccc(Cl)c3F)c(=O)c(O)c1C(=O)N2C. The molecule has 4 rings (SSSR count). The first kappa shape index (κ1) is 21.5. The Morgan fingerprint density at radius 3 is 2.84 bits per heavy atom. The molecule has 0 saturated heterocycles. The van der Waals surface area contributed by atoms with Crippen molar-refractivity contribution in [1.29, 1.82) is 0 Å². The molecule has 2 heterocycles. The second-order valence-corrected chi connectivity index (χ2v) is 8.56. The Kier molecular flexibility index (Phi) is 5.39. The molecule has 1 saturated carbocycles. The number of aromatic hydroxyl groups is 1. The quantitative estimate of drug-likeness (QED) is 0.686. The second-order valence-electron chi connectivity index (χ2n) is 8.16.